The Labute approximate surface area is 366 Å². The topological polar surface area (TPSA) is 127 Å². The van der Waals surface area contributed by atoms with Crippen LogP contribution in [0.2, 0.25) is 36.3 Å². The van der Waals surface area contributed by atoms with E-state index in [2.05, 4.69) is 90.3 Å². The van der Waals surface area contributed by atoms with Gasteiger partial charge in [-0.25, -0.2) is 4.79 Å². The number of hydrogen-bond acceptors (Lipinski definition) is 10. The van der Waals surface area contributed by atoms with Gasteiger partial charge in [-0.2, -0.15) is 27.0 Å². The summed E-state index contributed by atoms with van der Waals surface area (Å²) in [5.74, 6) is -0.705. The fourth-order valence-corrected chi connectivity index (χ4v) is 6.05. The molecular weight excluding hydrogens is 890 g/mol. The summed E-state index contributed by atoms with van der Waals surface area (Å²) in [4.78, 5) is 50.0. The second kappa shape index (κ2) is 28.8. The first-order chi connectivity index (χ1) is 23.7. The molecule has 16 heteroatoms. The Morgan fingerprint density at radius 2 is 0.982 bits per heavy atom. The molecule has 0 rings (SSSR count). The maximum Gasteiger partial charge on any atom is 0.410 e. The van der Waals surface area contributed by atoms with Crippen LogP contribution in [0.1, 0.15) is 129 Å². The summed E-state index contributed by atoms with van der Waals surface area (Å²) in [5.41, 5.74) is -1.03. The molecule has 0 bridgehead atoms. The number of rotatable bonds is 17. The number of halogens is 1. The lowest BCUT2D eigenvalue weighted by atomic mass is 10.0. The lowest BCUT2D eigenvalue weighted by Crippen LogP contribution is -2.48. The predicted octanol–water partition coefficient (Wildman–Crippen LogP) is 10.6. The molecule has 0 unspecified atom stereocenters. The molecule has 11 nitrogen and oxygen atoms in total. The third-order valence-electron chi connectivity index (χ3n) is 9.08. The fraction of sp³-hybridized carbons (Fsp3) is 0.897. The number of alkyl halides is 1. The minimum Gasteiger partial charge on any atom is -0.466 e. The third kappa shape index (κ3) is 33.0. The molecule has 0 aliphatic heterocycles. The van der Waals surface area contributed by atoms with Crippen molar-refractivity contribution in [2.45, 2.75) is 183 Å². The van der Waals surface area contributed by atoms with E-state index in [-0.39, 0.29) is 73.0 Å². The normalized spacial score (nSPS) is 13.1. The highest BCUT2D eigenvalue weighted by atomic mass is 127. The van der Waals surface area contributed by atoms with Gasteiger partial charge in [0.15, 0.2) is 16.6 Å². The molecule has 0 saturated carbocycles. The molecule has 0 aromatic heterocycles. The minimum atomic E-state index is -1.92. The molecule has 0 saturated heterocycles. The monoisotopic (exact) mass is 973 g/mol. The molecule has 0 fully saturated rings. The average molecular weight is 974 g/mol. The Hall–Kier alpha value is -0.536. The zero-order valence-electron chi connectivity index (χ0n) is 38.4. The Balaban J connectivity index is -0.000000280. The van der Waals surface area contributed by atoms with Crippen LogP contribution in [0, 0.1) is 5.92 Å². The van der Waals surface area contributed by atoms with E-state index in [4.69, 9.17) is 27.8 Å². The van der Waals surface area contributed by atoms with Gasteiger partial charge in [-0.15, -0.1) is 0 Å². The van der Waals surface area contributed by atoms with E-state index in [9.17, 15) is 19.2 Å². The quantitative estimate of drug-likeness (QED) is 0.0347. The van der Waals surface area contributed by atoms with Crippen molar-refractivity contribution in [3.8, 4) is 0 Å². The smallest absolute Gasteiger partial charge is 0.410 e. The summed E-state index contributed by atoms with van der Waals surface area (Å²) in [5, 5.41) is 0.223. The Morgan fingerprint density at radius 1 is 0.618 bits per heavy atom. The molecule has 0 heterocycles. The molecule has 1 amide bonds. The summed E-state index contributed by atoms with van der Waals surface area (Å²) in [6, 6.07) is -0.130. The van der Waals surface area contributed by atoms with Gasteiger partial charge < -0.3 is 32.7 Å². The van der Waals surface area contributed by atoms with Crippen LogP contribution >= 0.6 is 49.6 Å². The molecule has 332 valence electrons. The lowest BCUT2D eigenvalue weighted by molar-refractivity contribution is -0.156. The van der Waals surface area contributed by atoms with E-state index in [0.29, 0.717) is 52.1 Å². The molecular formula is C39H84INO10S2Si2. The molecule has 55 heavy (non-hydrogen) atoms. The van der Waals surface area contributed by atoms with Crippen LogP contribution < -0.4 is 0 Å². The second-order valence-corrected chi connectivity index (χ2v) is 28.1. The van der Waals surface area contributed by atoms with Crippen molar-refractivity contribution >= 4 is 90.2 Å². The molecule has 0 aromatic rings. The SMILES string of the molecule is CC(=O)OCCC[C@@H](CO[Si](C)(C)C(C)(C)C)CC(=O)OC(C)(C)C.CC(=O)OCCC[C@@H](CO[Si](C)(C)C(C)(C)C)N(C)C(=O)OC(C)(C)C.CI.S.S. The van der Waals surface area contributed by atoms with Crippen molar-refractivity contribution in [2.75, 3.05) is 38.4 Å². The molecule has 0 N–H and O–H groups in total. The van der Waals surface area contributed by atoms with Crippen molar-refractivity contribution in [2.24, 2.45) is 5.92 Å². The maximum atomic E-state index is 12.4. The first kappa shape index (κ1) is 63.6. The van der Waals surface area contributed by atoms with Crippen LogP contribution in [0.15, 0.2) is 0 Å². The third-order valence-corrected chi connectivity index (χ3v) is 18.1. The molecule has 0 radical (unpaired) electrons. The Bertz CT molecular complexity index is 1090. The number of nitrogens with zero attached hydrogens (tertiary/aromatic N) is 1. The summed E-state index contributed by atoms with van der Waals surface area (Å²) in [6.45, 7) is 37.6. The average Bonchev–Trinajstić information content (AvgIpc) is 2.95. The van der Waals surface area contributed by atoms with Gasteiger partial charge in [0, 0.05) is 27.5 Å². The molecule has 0 aromatic carbocycles. The number of esters is 3. The van der Waals surface area contributed by atoms with Gasteiger partial charge in [-0.1, -0.05) is 64.1 Å². The summed E-state index contributed by atoms with van der Waals surface area (Å²) in [6.07, 6.45) is 2.78. The van der Waals surface area contributed by atoms with E-state index in [0.717, 1.165) is 6.42 Å². The first-order valence-electron chi connectivity index (χ1n) is 18.8. The van der Waals surface area contributed by atoms with Crippen LogP contribution in [0.4, 0.5) is 4.79 Å². The second-order valence-electron chi connectivity index (χ2n) is 18.5. The number of hydrogen-bond donors (Lipinski definition) is 0. The maximum absolute atomic E-state index is 12.4. The number of ether oxygens (including phenoxy) is 4. The highest BCUT2D eigenvalue weighted by Gasteiger charge is 2.39. The van der Waals surface area contributed by atoms with E-state index in [1.165, 1.54) is 13.8 Å². The Kier molecular flexibility index (Phi) is 33.3. The van der Waals surface area contributed by atoms with Crippen LogP contribution in [-0.4, -0.2) is 101 Å². The van der Waals surface area contributed by atoms with Gasteiger partial charge in [-0.3, -0.25) is 14.4 Å². The van der Waals surface area contributed by atoms with Gasteiger partial charge in [0.05, 0.1) is 32.3 Å². The van der Waals surface area contributed by atoms with Gasteiger partial charge in [0.2, 0.25) is 0 Å². The van der Waals surface area contributed by atoms with Crippen molar-refractivity contribution in [1.82, 2.24) is 4.90 Å². The fourth-order valence-electron chi connectivity index (χ4n) is 3.92. The van der Waals surface area contributed by atoms with Gasteiger partial charge in [-0.05, 0) is 114 Å². The van der Waals surface area contributed by atoms with E-state index < -0.39 is 27.8 Å². The van der Waals surface area contributed by atoms with Crippen LogP contribution in [0.25, 0.3) is 0 Å². The van der Waals surface area contributed by atoms with E-state index >= 15 is 0 Å². The molecule has 0 spiro atoms. The van der Waals surface area contributed by atoms with Gasteiger partial charge >= 0.3 is 24.0 Å². The largest absolute Gasteiger partial charge is 0.466 e. The zero-order valence-corrected chi connectivity index (χ0v) is 44.6. The van der Waals surface area contributed by atoms with Crippen molar-refractivity contribution in [3.63, 3.8) is 0 Å². The molecule has 0 aliphatic carbocycles. The lowest BCUT2D eigenvalue weighted by Gasteiger charge is -2.39. The van der Waals surface area contributed by atoms with Crippen LogP contribution in [0.3, 0.4) is 0 Å². The predicted molar refractivity (Wildman–Crippen MR) is 250 cm³/mol. The number of carbonyl (C=O) groups excluding carboxylic acids is 4. The standard InChI is InChI=1S/C19H39NO5Si.C19H38O5Si.CH3I.2H2S/c1-15(21)23-13-11-12-16(14-24-26(9,10)19(5,6)7)20(8)17(22)25-18(2,3)4;1-15(20)22-12-10-11-16(13-17(21)24-18(2,3)4)14-23-25(8,9)19(5,6)7;1-2;;/h16H,11-14H2,1-10H3;16H,10-14H2,1-9H3;1H3;2*1H2/t2*16-;;;/m01.../s1. The highest BCUT2D eigenvalue weighted by molar-refractivity contribution is 14.1. The van der Waals surface area contributed by atoms with Crippen LogP contribution in [-0.2, 0) is 42.2 Å². The Morgan fingerprint density at radius 3 is 1.33 bits per heavy atom. The summed E-state index contributed by atoms with van der Waals surface area (Å²) >= 11 is 2.15. The van der Waals surface area contributed by atoms with Gasteiger partial charge in [0.1, 0.15) is 11.2 Å². The molecule has 2 atom stereocenters. The first-order valence-corrected chi connectivity index (χ1v) is 26.8. The van der Waals surface area contributed by atoms with Crippen molar-refractivity contribution in [3.05, 3.63) is 0 Å². The van der Waals surface area contributed by atoms with Crippen LogP contribution in [0.5, 0.6) is 0 Å². The summed E-state index contributed by atoms with van der Waals surface area (Å²) in [7, 11) is -2.06. The summed E-state index contributed by atoms with van der Waals surface area (Å²) < 4.78 is 33.5. The van der Waals surface area contributed by atoms with Crippen molar-refractivity contribution < 1.29 is 47.0 Å². The van der Waals surface area contributed by atoms with E-state index in [1.807, 2.05) is 46.5 Å². The van der Waals surface area contributed by atoms with E-state index in [1.54, 1.807) is 11.9 Å². The highest BCUT2D eigenvalue weighted by Crippen LogP contribution is 2.38. The van der Waals surface area contributed by atoms with Gasteiger partial charge in [0.25, 0.3) is 0 Å². The number of carbonyl (C=O) groups is 4. The number of likely N-dealkylation sites (N-methyl/N-ethyl adjacent to an activating group) is 1. The number of amides is 1. The zero-order chi connectivity index (χ0) is 42.6. The minimum absolute atomic E-state index is 0. The van der Waals surface area contributed by atoms with Crippen molar-refractivity contribution in [1.29, 1.82) is 0 Å². The molecule has 0 aliphatic rings.